The molecule has 0 aliphatic heterocycles. The van der Waals surface area contributed by atoms with Crippen LogP contribution in [0.1, 0.15) is 29.7 Å². The molecule has 0 radical (unpaired) electrons. The number of benzene rings is 2. The lowest BCUT2D eigenvalue weighted by Crippen LogP contribution is -2.03. The molecule has 1 atom stereocenters. The van der Waals surface area contributed by atoms with E-state index in [9.17, 15) is 9.50 Å². The van der Waals surface area contributed by atoms with Crippen molar-refractivity contribution in [3.05, 3.63) is 63.4 Å². The quantitative estimate of drug-likeness (QED) is 0.887. The molecule has 4 heteroatoms. The normalized spacial score (nSPS) is 12.2. The summed E-state index contributed by atoms with van der Waals surface area (Å²) in [5.41, 5.74) is 2.22. The molecular formula is C16H16BrFO2. The first-order valence-corrected chi connectivity index (χ1v) is 7.12. The summed E-state index contributed by atoms with van der Waals surface area (Å²) >= 11 is 3.31. The maximum atomic E-state index is 13.6. The first-order chi connectivity index (χ1) is 9.47. The summed E-state index contributed by atoms with van der Waals surface area (Å²) in [5, 5.41) is 9.76. The molecule has 2 aromatic carbocycles. The topological polar surface area (TPSA) is 29.5 Å². The van der Waals surface area contributed by atoms with Crippen molar-refractivity contribution >= 4 is 15.9 Å². The van der Waals surface area contributed by atoms with Gasteiger partial charge in [0.1, 0.15) is 18.2 Å². The van der Waals surface area contributed by atoms with E-state index in [1.54, 1.807) is 25.1 Å². The molecule has 2 nitrogen and oxygen atoms in total. The fraction of sp³-hybridized carbons (Fsp3) is 0.250. The zero-order chi connectivity index (χ0) is 14.7. The van der Waals surface area contributed by atoms with Crippen LogP contribution in [0, 0.1) is 12.7 Å². The predicted octanol–water partition coefficient (Wildman–Crippen LogP) is 4.53. The Labute approximate surface area is 126 Å². The van der Waals surface area contributed by atoms with Gasteiger partial charge in [-0.25, -0.2) is 4.39 Å². The van der Waals surface area contributed by atoms with Gasteiger partial charge in [0, 0.05) is 15.6 Å². The smallest absolute Gasteiger partial charge is 0.129 e. The average Bonchev–Trinajstić information content (AvgIpc) is 2.40. The number of halogens is 2. The molecule has 0 aliphatic rings. The van der Waals surface area contributed by atoms with Crippen LogP contribution in [0.25, 0.3) is 0 Å². The van der Waals surface area contributed by atoms with Gasteiger partial charge >= 0.3 is 0 Å². The second kappa shape index (κ2) is 6.37. The van der Waals surface area contributed by atoms with Crippen molar-refractivity contribution < 1.29 is 14.2 Å². The highest BCUT2D eigenvalue weighted by Crippen LogP contribution is 2.27. The number of hydrogen-bond donors (Lipinski definition) is 1. The van der Waals surface area contributed by atoms with E-state index in [1.807, 2.05) is 19.1 Å². The van der Waals surface area contributed by atoms with Crippen LogP contribution in [0.5, 0.6) is 5.75 Å². The average molecular weight is 339 g/mol. The van der Waals surface area contributed by atoms with Crippen LogP contribution in [0.3, 0.4) is 0 Å². The van der Waals surface area contributed by atoms with Gasteiger partial charge in [-0.05, 0) is 44.2 Å². The Morgan fingerprint density at radius 2 is 2.00 bits per heavy atom. The van der Waals surface area contributed by atoms with E-state index in [1.165, 1.54) is 6.07 Å². The third kappa shape index (κ3) is 3.58. The van der Waals surface area contributed by atoms with Gasteiger partial charge in [0.2, 0.25) is 0 Å². The molecule has 0 spiro atoms. The molecule has 0 fully saturated rings. The van der Waals surface area contributed by atoms with E-state index < -0.39 is 6.10 Å². The maximum Gasteiger partial charge on any atom is 0.129 e. The SMILES string of the molecule is Cc1ccc(OCc2cc(Br)ccc2F)c(C(C)O)c1. The number of aliphatic hydroxyl groups is 1. The highest BCUT2D eigenvalue weighted by Gasteiger charge is 2.11. The summed E-state index contributed by atoms with van der Waals surface area (Å²) in [5.74, 6) is 0.267. The van der Waals surface area contributed by atoms with E-state index in [-0.39, 0.29) is 12.4 Å². The van der Waals surface area contributed by atoms with Gasteiger partial charge in [0.05, 0.1) is 6.10 Å². The highest BCUT2D eigenvalue weighted by atomic mass is 79.9. The lowest BCUT2D eigenvalue weighted by molar-refractivity contribution is 0.189. The Morgan fingerprint density at radius 1 is 1.25 bits per heavy atom. The Balaban J connectivity index is 2.20. The molecule has 2 rings (SSSR count). The number of ether oxygens (including phenoxy) is 1. The van der Waals surface area contributed by atoms with E-state index >= 15 is 0 Å². The molecule has 0 heterocycles. The van der Waals surface area contributed by atoms with Crippen molar-refractivity contribution in [2.75, 3.05) is 0 Å². The standard InChI is InChI=1S/C16H16BrFO2/c1-10-3-6-16(14(7-10)11(2)19)20-9-12-8-13(17)4-5-15(12)18/h3-8,11,19H,9H2,1-2H3. The third-order valence-electron chi connectivity index (χ3n) is 3.01. The second-order valence-corrected chi connectivity index (χ2v) is 5.66. The number of hydrogen-bond acceptors (Lipinski definition) is 2. The summed E-state index contributed by atoms with van der Waals surface area (Å²) in [6, 6.07) is 10.3. The predicted molar refractivity (Wildman–Crippen MR) is 80.2 cm³/mol. The monoisotopic (exact) mass is 338 g/mol. The Morgan fingerprint density at radius 3 is 2.70 bits per heavy atom. The Kier molecular flexibility index (Phi) is 4.78. The van der Waals surface area contributed by atoms with Crippen LogP contribution < -0.4 is 4.74 Å². The van der Waals surface area contributed by atoms with Gasteiger partial charge in [-0.1, -0.05) is 27.6 Å². The summed E-state index contributed by atoms with van der Waals surface area (Å²) in [4.78, 5) is 0. The van der Waals surface area contributed by atoms with E-state index in [0.717, 1.165) is 10.0 Å². The minimum Gasteiger partial charge on any atom is -0.488 e. The van der Waals surface area contributed by atoms with Crippen LogP contribution in [0.4, 0.5) is 4.39 Å². The first kappa shape index (κ1) is 15.0. The third-order valence-corrected chi connectivity index (χ3v) is 3.50. The van der Waals surface area contributed by atoms with Crippen LogP contribution in [0.15, 0.2) is 40.9 Å². The van der Waals surface area contributed by atoms with Crippen LogP contribution in [0.2, 0.25) is 0 Å². The van der Waals surface area contributed by atoms with Crippen LogP contribution >= 0.6 is 15.9 Å². The van der Waals surface area contributed by atoms with Gasteiger partial charge in [0.25, 0.3) is 0 Å². The molecular weight excluding hydrogens is 323 g/mol. The lowest BCUT2D eigenvalue weighted by atomic mass is 10.1. The highest BCUT2D eigenvalue weighted by molar-refractivity contribution is 9.10. The van der Waals surface area contributed by atoms with Gasteiger partial charge < -0.3 is 9.84 Å². The minimum absolute atomic E-state index is 0.119. The van der Waals surface area contributed by atoms with E-state index in [2.05, 4.69) is 15.9 Å². The van der Waals surface area contributed by atoms with Gasteiger partial charge in [-0.15, -0.1) is 0 Å². The molecule has 1 N–H and O–H groups in total. The van der Waals surface area contributed by atoms with Crippen molar-refractivity contribution in [2.24, 2.45) is 0 Å². The second-order valence-electron chi connectivity index (χ2n) is 4.74. The molecule has 1 unspecified atom stereocenters. The molecule has 2 aromatic rings. The fourth-order valence-electron chi connectivity index (χ4n) is 1.94. The fourth-order valence-corrected chi connectivity index (χ4v) is 2.34. The largest absolute Gasteiger partial charge is 0.488 e. The van der Waals surface area contributed by atoms with Gasteiger partial charge in [0.15, 0.2) is 0 Å². The van der Waals surface area contributed by atoms with Crippen molar-refractivity contribution in [3.63, 3.8) is 0 Å². The van der Waals surface area contributed by atoms with Gasteiger partial charge in [-0.3, -0.25) is 0 Å². The van der Waals surface area contributed by atoms with Crippen molar-refractivity contribution in [2.45, 2.75) is 26.6 Å². The molecule has 106 valence electrons. The molecule has 0 bridgehead atoms. The minimum atomic E-state index is -0.628. The molecule has 0 amide bonds. The first-order valence-electron chi connectivity index (χ1n) is 6.32. The van der Waals surface area contributed by atoms with Crippen LogP contribution in [-0.2, 0) is 6.61 Å². The molecule has 20 heavy (non-hydrogen) atoms. The van der Waals surface area contributed by atoms with E-state index in [4.69, 9.17) is 4.74 Å². The summed E-state index contributed by atoms with van der Waals surface area (Å²) < 4.78 is 20.1. The lowest BCUT2D eigenvalue weighted by Gasteiger charge is -2.14. The van der Waals surface area contributed by atoms with Gasteiger partial charge in [-0.2, -0.15) is 0 Å². The Bertz CT molecular complexity index is 611. The zero-order valence-electron chi connectivity index (χ0n) is 11.4. The van der Waals surface area contributed by atoms with Crippen molar-refractivity contribution in [1.82, 2.24) is 0 Å². The zero-order valence-corrected chi connectivity index (χ0v) is 12.9. The molecule has 0 aliphatic carbocycles. The summed E-state index contributed by atoms with van der Waals surface area (Å²) in [6.45, 7) is 3.75. The molecule has 0 saturated carbocycles. The Hall–Kier alpha value is -1.39. The van der Waals surface area contributed by atoms with E-state index in [0.29, 0.717) is 16.9 Å². The number of aliphatic hydroxyl groups excluding tert-OH is 1. The van der Waals surface area contributed by atoms with Crippen molar-refractivity contribution in [1.29, 1.82) is 0 Å². The van der Waals surface area contributed by atoms with Crippen LogP contribution in [-0.4, -0.2) is 5.11 Å². The maximum absolute atomic E-state index is 13.6. The summed E-state index contributed by atoms with van der Waals surface area (Å²) in [7, 11) is 0. The molecule has 0 aromatic heterocycles. The van der Waals surface area contributed by atoms with Crippen molar-refractivity contribution in [3.8, 4) is 5.75 Å². The number of rotatable bonds is 4. The number of aryl methyl sites for hydroxylation is 1. The molecule has 0 saturated heterocycles. The summed E-state index contributed by atoms with van der Waals surface area (Å²) in [6.07, 6.45) is -0.628.